The van der Waals surface area contributed by atoms with Gasteiger partial charge in [-0.3, -0.25) is 9.59 Å². The van der Waals surface area contributed by atoms with E-state index in [0.717, 1.165) is 0 Å². The number of nitrogens with two attached hydrogens (primary N) is 1. The largest absolute Gasteiger partial charge is 0.339 e. The standard InChI is InChI=1S/C12H23N3O2/c1-12(2,3)8-10(16)14-4-6-15(7-5-14)11(17)9-13/h4-9,13H2,1-3H3. The first-order valence-electron chi connectivity index (χ1n) is 6.09. The Kier molecular flexibility index (Phi) is 4.51. The third kappa shape index (κ3) is 4.34. The molecule has 0 bridgehead atoms. The van der Waals surface area contributed by atoms with Crippen LogP contribution in [0.25, 0.3) is 0 Å². The Morgan fingerprint density at radius 1 is 1.00 bits per heavy atom. The topological polar surface area (TPSA) is 66.6 Å². The first kappa shape index (κ1) is 14.0. The van der Waals surface area contributed by atoms with Crippen LogP contribution in [0, 0.1) is 5.41 Å². The molecule has 0 radical (unpaired) electrons. The Balaban J connectivity index is 2.42. The van der Waals surface area contributed by atoms with Crippen LogP contribution in [0.2, 0.25) is 0 Å². The van der Waals surface area contributed by atoms with E-state index in [0.29, 0.717) is 32.6 Å². The minimum absolute atomic E-state index is 0.0152. The fourth-order valence-corrected chi connectivity index (χ4v) is 1.90. The number of amides is 2. The predicted octanol–water partition coefficient (Wildman–Crippen LogP) is 0.0521. The van der Waals surface area contributed by atoms with Crippen molar-refractivity contribution in [3.05, 3.63) is 0 Å². The second-order valence-corrected chi connectivity index (χ2v) is 5.70. The highest BCUT2D eigenvalue weighted by Gasteiger charge is 2.25. The number of hydrogen-bond acceptors (Lipinski definition) is 3. The lowest BCUT2D eigenvalue weighted by Gasteiger charge is -2.35. The molecule has 5 nitrogen and oxygen atoms in total. The lowest BCUT2D eigenvalue weighted by atomic mass is 9.91. The molecule has 0 aliphatic carbocycles. The molecule has 1 heterocycles. The molecule has 2 amide bonds. The molecular weight excluding hydrogens is 218 g/mol. The van der Waals surface area contributed by atoms with Crippen LogP contribution in [0.4, 0.5) is 0 Å². The molecule has 1 saturated heterocycles. The summed E-state index contributed by atoms with van der Waals surface area (Å²) in [6.45, 7) is 8.67. The van der Waals surface area contributed by atoms with Gasteiger partial charge in [-0.05, 0) is 5.41 Å². The third-order valence-corrected chi connectivity index (χ3v) is 2.84. The Labute approximate surface area is 103 Å². The lowest BCUT2D eigenvalue weighted by molar-refractivity contribution is -0.139. The molecule has 1 aliphatic heterocycles. The van der Waals surface area contributed by atoms with Crippen molar-refractivity contribution in [3.63, 3.8) is 0 Å². The zero-order chi connectivity index (χ0) is 13.1. The van der Waals surface area contributed by atoms with E-state index in [1.165, 1.54) is 0 Å². The Morgan fingerprint density at radius 2 is 1.41 bits per heavy atom. The minimum Gasteiger partial charge on any atom is -0.339 e. The van der Waals surface area contributed by atoms with Crippen molar-refractivity contribution in [2.45, 2.75) is 27.2 Å². The summed E-state index contributed by atoms with van der Waals surface area (Å²) in [5, 5.41) is 0. The Hall–Kier alpha value is -1.10. The molecule has 98 valence electrons. The van der Waals surface area contributed by atoms with Gasteiger partial charge < -0.3 is 15.5 Å². The summed E-state index contributed by atoms with van der Waals surface area (Å²) >= 11 is 0. The van der Waals surface area contributed by atoms with E-state index in [4.69, 9.17) is 5.73 Å². The molecule has 1 aliphatic rings. The van der Waals surface area contributed by atoms with Crippen molar-refractivity contribution in [2.75, 3.05) is 32.7 Å². The molecule has 0 saturated carbocycles. The molecule has 0 atom stereocenters. The fraction of sp³-hybridized carbons (Fsp3) is 0.833. The van der Waals surface area contributed by atoms with Crippen LogP contribution in [0.15, 0.2) is 0 Å². The number of piperazine rings is 1. The summed E-state index contributed by atoms with van der Waals surface area (Å²) in [5.41, 5.74) is 5.32. The number of rotatable bonds is 2. The molecule has 0 aromatic carbocycles. The van der Waals surface area contributed by atoms with E-state index in [-0.39, 0.29) is 23.8 Å². The average Bonchev–Trinajstić information content (AvgIpc) is 2.26. The molecule has 0 aromatic rings. The van der Waals surface area contributed by atoms with Crippen LogP contribution in [-0.4, -0.2) is 54.3 Å². The van der Waals surface area contributed by atoms with E-state index in [9.17, 15) is 9.59 Å². The van der Waals surface area contributed by atoms with Gasteiger partial charge >= 0.3 is 0 Å². The van der Waals surface area contributed by atoms with E-state index in [2.05, 4.69) is 20.8 Å². The summed E-state index contributed by atoms with van der Waals surface area (Å²) in [6, 6.07) is 0. The summed E-state index contributed by atoms with van der Waals surface area (Å²) in [6.07, 6.45) is 0.553. The van der Waals surface area contributed by atoms with Gasteiger partial charge in [0.25, 0.3) is 0 Å². The maximum Gasteiger partial charge on any atom is 0.236 e. The lowest BCUT2D eigenvalue weighted by Crippen LogP contribution is -2.52. The first-order valence-corrected chi connectivity index (χ1v) is 6.09. The first-order chi connectivity index (χ1) is 7.83. The second kappa shape index (κ2) is 5.49. The summed E-state index contributed by atoms with van der Waals surface area (Å²) in [7, 11) is 0. The van der Waals surface area contributed by atoms with Gasteiger partial charge in [-0.25, -0.2) is 0 Å². The van der Waals surface area contributed by atoms with Gasteiger partial charge in [-0.1, -0.05) is 20.8 Å². The van der Waals surface area contributed by atoms with Crippen LogP contribution in [0.3, 0.4) is 0 Å². The van der Waals surface area contributed by atoms with Crippen molar-refractivity contribution in [2.24, 2.45) is 11.1 Å². The SMILES string of the molecule is CC(C)(C)CC(=O)N1CCN(C(=O)CN)CC1. The zero-order valence-electron chi connectivity index (χ0n) is 11.0. The van der Waals surface area contributed by atoms with E-state index in [1.54, 1.807) is 4.90 Å². The van der Waals surface area contributed by atoms with Crippen LogP contribution < -0.4 is 5.73 Å². The number of nitrogens with zero attached hydrogens (tertiary/aromatic N) is 2. The van der Waals surface area contributed by atoms with Crippen LogP contribution in [-0.2, 0) is 9.59 Å². The summed E-state index contributed by atoms with van der Waals surface area (Å²) in [4.78, 5) is 26.9. The quantitative estimate of drug-likeness (QED) is 0.743. The average molecular weight is 241 g/mol. The van der Waals surface area contributed by atoms with Gasteiger partial charge in [0.05, 0.1) is 6.54 Å². The van der Waals surface area contributed by atoms with Crippen LogP contribution in [0.5, 0.6) is 0 Å². The molecule has 0 spiro atoms. The maximum atomic E-state index is 12.0. The van der Waals surface area contributed by atoms with E-state index < -0.39 is 0 Å². The molecule has 1 rings (SSSR count). The Bertz CT molecular complexity index is 289. The Morgan fingerprint density at radius 3 is 1.76 bits per heavy atom. The van der Waals surface area contributed by atoms with Gasteiger partial charge in [0.15, 0.2) is 0 Å². The van der Waals surface area contributed by atoms with E-state index in [1.807, 2.05) is 4.90 Å². The minimum atomic E-state index is -0.0343. The third-order valence-electron chi connectivity index (χ3n) is 2.84. The highest BCUT2D eigenvalue weighted by molar-refractivity contribution is 5.79. The van der Waals surface area contributed by atoms with E-state index >= 15 is 0 Å². The van der Waals surface area contributed by atoms with Crippen molar-refractivity contribution in [1.29, 1.82) is 0 Å². The van der Waals surface area contributed by atoms with Crippen molar-refractivity contribution in [1.82, 2.24) is 9.80 Å². The molecule has 2 N–H and O–H groups in total. The predicted molar refractivity (Wildman–Crippen MR) is 66.3 cm³/mol. The fourth-order valence-electron chi connectivity index (χ4n) is 1.90. The van der Waals surface area contributed by atoms with Gasteiger partial charge in [0.2, 0.25) is 11.8 Å². The number of carbonyl (C=O) groups is 2. The second-order valence-electron chi connectivity index (χ2n) is 5.70. The molecule has 5 heteroatoms. The maximum absolute atomic E-state index is 12.0. The van der Waals surface area contributed by atoms with Gasteiger partial charge in [-0.2, -0.15) is 0 Å². The van der Waals surface area contributed by atoms with Crippen molar-refractivity contribution >= 4 is 11.8 Å². The summed E-state index contributed by atoms with van der Waals surface area (Å²) in [5.74, 6) is 0.144. The number of carbonyl (C=O) groups excluding carboxylic acids is 2. The highest BCUT2D eigenvalue weighted by Crippen LogP contribution is 2.20. The number of hydrogen-bond donors (Lipinski definition) is 1. The molecule has 0 aromatic heterocycles. The van der Waals surface area contributed by atoms with Crippen LogP contribution in [0.1, 0.15) is 27.2 Å². The summed E-state index contributed by atoms with van der Waals surface area (Å²) < 4.78 is 0. The monoisotopic (exact) mass is 241 g/mol. The van der Waals surface area contributed by atoms with Gasteiger partial charge in [0, 0.05) is 32.6 Å². The normalized spacial score (nSPS) is 17.2. The van der Waals surface area contributed by atoms with Crippen molar-refractivity contribution in [3.8, 4) is 0 Å². The van der Waals surface area contributed by atoms with Crippen molar-refractivity contribution < 1.29 is 9.59 Å². The molecule has 17 heavy (non-hydrogen) atoms. The molecule has 1 fully saturated rings. The van der Waals surface area contributed by atoms with Crippen LogP contribution >= 0.6 is 0 Å². The molecular formula is C12H23N3O2. The zero-order valence-corrected chi connectivity index (χ0v) is 11.0. The van der Waals surface area contributed by atoms with Gasteiger partial charge in [-0.15, -0.1) is 0 Å². The smallest absolute Gasteiger partial charge is 0.236 e. The molecule has 0 unspecified atom stereocenters. The van der Waals surface area contributed by atoms with Gasteiger partial charge in [0.1, 0.15) is 0 Å². The highest BCUT2D eigenvalue weighted by atomic mass is 16.2.